The van der Waals surface area contributed by atoms with E-state index < -0.39 is 0 Å². The highest BCUT2D eigenvalue weighted by Crippen LogP contribution is 2.39. The highest BCUT2D eigenvalue weighted by Gasteiger charge is 2.37. The summed E-state index contributed by atoms with van der Waals surface area (Å²) in [5.41, 5.74) is 5.89. The van der Waals surface area contributed by atoms with E-state index in [1.807, 2.05) is 11.8 Å². The minimum Gasteiger partial charge on any atom is -0.319 e. The van der Waals surface area contributed by atoms with Crippen molar-refractivity contribution in [3.05, 3.63) is 131 Å². The first kappa shape index (κ1) is 21.7. The zero-order valence-corrected chi connectivity index (χ0v) is 20.3. The second-order valence-corrected chi connectivity index (χ2v) is 10.7. The van der Waals surface area contributed by atoms with Crippen LogP contribution in [0, 0.1) is 0 Å². The number of rotatable bonds is 4. The predicted molar refractivity (Wildman–Crippen MR) is 140 cm³/mol. The van der Waals surface area contributed by atoms with Gasteiger partial charge in [-0.15, -0.1) is 0 Å². The van der Waals surface area contributed by atoms with Crippen LogP contribution >= 0.6 is 11.8 Å². The summed E-state index contributed by atoms with van der Waals surface area (Å²) in [5, 5.41) is 0. The topological polar surface area (TPSA) is 8.88 Å². The van der Waals surface area contributed by atoms with E-state index in [2.05, 4.69) is 109 Å². The van der Waals surface area contributed by atoms with Crippen LogP contribution in [0.1, 0.15) is 34.3 Å². The van der Waals surface area contributed by atoms with Crippen molar-refractivity contribution in [2.45, 2.75) is 28.3 Å². The summed E-state index contributed by atoms with van der Waals surface area (Å²) in [7, 11) is 0. The molecule has 1 atom stereocenters. The summed E-state index contributed by atoms with van der Waals surface area (Å²) in [6.45, 7) is 4.79. The van der Waals surface area contributed by atoms with Gasteiger partial charge in [0.25, 0.3) is 0 Å². The van der Waals surface area contributed by atoms with Crippen LogP contribution in [0.3, 0.4) is 0 Å². The summed E-state index contributed by atoms with van der Waals surface area (Å²) < 4.78 is 0. The number of piperazine rings is 1. The van der Waals surface area contributed by atoms with E-state index in [4.69, 9.17) is 0 Å². The van der Waals surface area contributed by atoms with Gasteiger partial charge in [0.2, 0.25) is 0 Å². The number of nitrogens with one attached hydrogen (secondary N) is 2. The van der Waals surface area contributed by atoms with Crippen molar-refractivity contribution in [1.82, 2.24) is 0 Å². The van der Waals surface area contributed by atoms with Gasteiger partial charge in [-0.05, 0) is 17.7 Å². The molecule has 34 heavy (non-hydrogen) atoms. The van der Waals surface area contributed by atoms with Gasteiger partial charge in [0, 0.05) is 32.9 Å². The molecule has 4 aromatic rings. The normalized spacial score (nSPS) is 22.0. The highest BCUT2D eigenvalue weighted by atomic mass is 32.2. The second kappa shape index (κ2) is 9.79. The minimum absolute atomic E-state index is 0.404. The SMILES string of the molecule is c1ccc(C(c2ccccc2)[NH+]2CC[NH+]([C@@H]3Cc4ccccc4Sc4ccccc43)CC2)cc1. The van der Waals surface area contributed by atoms with Gasteiger partial charge in [0.1, 0.15) is 38.3 Å². The first-order valence-corrected chi connectivity index (χ1v) is 13.3. The fourth-order valence-electron chi connectivity index (χ4n) is 5.93. The van der Waals surface area contributed by atoms with E-state index in [0.29, 0.717) is 12.1 Å². The average molecular weight is 465 g/mol. The fraction of sp³-hybridized carbons (Fsp3) is 0.226. The smallest absolute Gasteiger partial charge is 0.139 e. The Bertz CT molecular complexity index is 1190. The molecule has 2 nitrogen and oxygen atoms in total. The standard InChI is InChI=1S/C31H30N2S/c1-3-11-24(12-4-1)31(25-13-5-2-6-14-25)33-21-19-32(20-22-33)28-23-26-15-7-9-17-29(26)34-30-18-10-8-16-27(28)30/h1-18,28,31H,19-23H2/p+2/t28-/m1/s1. The lowest BCUT2D eigenvalue weighted by atomic mass is 9.94. The van der Waals surface area contributed by atoms with Gasteiger partial charge in [0.05, 0.1) is 0 Å². The van der Waals surface area contributed by atoms with Gasteiger partial charge in [-0.25, -0.2) is 0 Å². The van der Waals surface area contributed by atoms with Crippen LogP contribution in [0.2, 0.25) is 0 Å². The number of quaternary nitrogens is 2. The van der Waals surface area contributed by atoms with Gasteiger partial charge in [-0.2, -0.15) is 0 Å². The van der Waals surface area contributed by atoms with Crippen molar-refractivity contribution < 1.29 is 9.80 Å². The van der Waals surface area contributed by atoms with Gasteiger partial charge in [-0.3, -0.25) is 0 Å². The van der Waals surface area contributed by atoms with E-state index in [1.54, 1.807) is 9.80 Å². The molecule has 2 N–H and O–H groups in total. The fourth-order valence-corrected chi connectivity index (χ4v) is 7.07. The Balaban J connectivity index is 1.27. The Morgan fingerprint density at radius 3 is 1.82 bits per heavy atom. The molecule has 0 aromatic heterocycles. The van der Waals surface area contributed by atoms with Gasteiger partial charge >= 0.3 is 0 Å². The number of hydrogen-bond acceptors (Lipinski definition) is 1. The van der Waals surface area contributed by atoms with Crippen LogP contribution in [0.5, 0.6) is 0 Å². The molecular formula is C31H32N2S+2. The van der Waals surface area contributed by atoms with Crippen molar-refractivity contribution in [3.63, 3.8) is 0 Å². The molecule has 2 aliphatic heterocycles. The molecule has 0 radical (unpaired) electrons. The number of fused-ring (bicyclic) bond motifs is 2. The van der Waals surface area contributed by atoms with Crippen LogP contribution < -0.4 is 9.80 Å². The summed E-state index contributed by atoms with van der Waals surface area (Å²) in [6, 6.07) is 41.3. The maximum atomic E-state index is 2.38. The maximum Gasteiger partial charge on any atom is 0.139 e. The van der Waals surface area contributed by atoms with E-state index in [-0.39, 0.29) is 0 Å². The van der Waals surface area contributed by atoms with Gasteiger partial charge in [-0.1, -0.05) is 109 Å². The number of hydrogen-bond donors (Lipinski definition) is 2. The van der Waals surface area contributed by atoms with E-state index in [0.717, 1.165) is 6.42 Å². The molecule has 1 saturated heterocycles. The third-order valence-corrected chi connectivity index (χ3v) is 8.82. The van der Waals surface area contributed by atoms with E-state index >= 15 is 0 Å². The third-order valence-electron chi connectivity index (χ3n) is 7.61. The molecule has 3 heteroatoms. The lowest BCUT2D eigenvalue weighted by Crippen LogP contribution is -3.28. The third kappa shape index (κ3) is 4.32. The first-order chi connectivity index (χ1) is 16.9. The highest BCUT2D eigenvalue weighted by molar-refractivity contribution is 7.99. The minimum atomic E-state index is 0.404. The van der Waals surface area contributed by atoms with E-state index in [9.17, 15) is 0 Å². The summed E-state index contributed by atoms with van der Waals surface area (Å²) in [4.78, 5) is 6.30. The molecule has 0 bridgehead atoms. The first-order valence-electron chi connectivity index (χ1n) is 12.5. The molecule has 2 aliphatic rings. The van der Waals surface area contributed by atoms with Crippen LogP contribution in [0.15, 0.2) is 119 Å². The molecule has 2 heterocycles. The Morgan fingerprint density at radius 2 is 1.15 bits per heavy atom. The Labute approximate surface area is 207 Å². The maximum absolute atomic E-state index is 2.38. The van der Waals surface area contributed by atoms with Crippen molar-refractivity contribution >= 4 is 11.8 Å². The van der Waals surface area contributed by atoms with Crippen molar-refractivity contribution in [1.29, 1.82) is 0 Å². The molecule has 0 saturated carbocycles. The predicted octanol–water partition coefficient (Wildman–Crippen LogP) is 4.01. The van der Waals surface area contributed by atoms with Crippen molar-refractivity contribution in [3.8, 4) is 0 Å². The molecular weight excluding hydrogens is 432 g/mol. The molecule has 0 amide bonds. The summed E-state index contributed by atoms with van der Waals surface area (Å²) >= 11 is 1.95. The lowest BCUT2D eigenvalue weighted by molar-refractivity contribution is -1.04. The molecule has 0 unspecified atom stereocenters. The summed E-state index contributed by atoms with van der Waals surface area (Å²) in [6.07, 6.45) is 1.13. The van der Waals surface area contributed by atoms with Crippen molar-refractivity contribution in [2.75, 3.05) is 26.2 Å². The monoisotopic (exact) mass is 464 g/mol. The average Bonchev–Trinajstić information content (AvgIpc) is 3.07. The van der Waals surface area contributed by atoms with Crippen LogP contribution in [0.4, 0.5) is 0 Å². The van der Waals surface area contributed by atoms with Gasteiger partial charge < -0.3 is 9.80 Å². The summed E-state index contributed by atoms with van der Waals surface area (Å²) in [5.74, 6) is 0. The molecule has 0 aliphatic carbocycles. The van der Waals surface area contributed by atoms with Crippen LogP contribution in [-0.2, 0) is 6.42 Å². The molecule has 0 spiro atoms. The zero-order chi connectivity index (χ0) is 22.7. The quantitative estimate of drug-likeness (QED) is 0.464. The Kier molecular flexibility index (Phi) is 6.24. The van der Waals surface area contributed by atoms with Crippen LogP contribution in [0.25, 0.3) is 0 Å². The molecule has 4 aromatic carbocycles. The van der Waals surface area contributed by atoms with Gasteiger partial charge in [0.15, 0.2) is 0 Å². The number of benzene rings is 4. The Hall–Kier alpha value is -2.85. The lowest BCUT2D eigenvalue weighted by Gasteiger charge is -2.38. The van der Waals surface area contributed by atoms with E-state index in [1.165, 1.54) is 58.2 Å². The molecule has 6 rings (SSSR count). The van der Waals surface area contributed by atoms with Crippen molar-refractivity contribution in [2.24, 2.45) is 0 Å². The second-order valence-electron chi connectivity index (χ2n) is 9.58. The largest absolute Gasteiger partial charge is 0.319 e. The molecule has 170 valence electrons. The Morgan fingerprint density at radius 1 is 0.588 bits per heavy atom. The zero-order valence-electron chi connectivity index (χ0n) is 19.5. The van der Waals surface area contributed by atoms with Crippen LogP contribution in [-0.4, -0.2) is 26.2 Å². The molecule has 1 fully saturated rings.